The van der Waals surface area contributed by atoms with Crippen LogP contribution in [0.1, 0.15) is 18.1 Å². The number of methoxy groups -OCH3 is 1. The molecule has 4 nitrogen and oxygen atoms in total. The average molecular weight is 279 g/mol. The summed E-state index contributed by atoms with van der Waals surface area (Å²) >= 11 is 2.02. The Kier molecular flexibility index (Phi) is 4.71. The van der Waals surface area contributed by atoms with E-state index in [0.29, 0.717) is 17.4 Å². The van der Waals surface area contributed by atoms with E-state index in [1.54, 1.807) is 7.11 Å². The molecular weight excluding hydrogens is 258 g/mol. The summed E-state index contributed by atoms with van der Waals surface area (Å²) in [5.74, 6) is 3.11. The zero-order valence-electron chi connectivity index (χ0n) is 11.5. The number of benzene rings is 1. The Morgan fingerprint density at radius 3 is 3.00 bits per heavy atom. The van der Waals surface area contributed by atoms with Crippen LogP contribution < -0.4 is 10.5 Å². The Morgan fingerprint density at radius 2 is 2.37 bits per heavy atom. The maximum Gasteiger partial charge on any atom is 0.129 e. The van der Waals surface area contributed by atoms with E-state index in [9.17, 15) is 0 Å². The van der Waals surface area contributed by atoms with Gasteiger partial charge in [0.2, 0.25) is 0 Å². The maximum atomic E-state index is 7.62. The van der Waals surface area contributed by atoms with Crippen LogP contribution in [-0.2, 0) is 6.54 Å². The van der Waals surface area contributed by atoms with Crippen LogP contribution in [0.5, 0.6) is 5.75 Å². The highest BCUT2D eigenvalue weighted by molar-refractivity contribution is 7.99. The van der Waals surface area contributed by atoms with Gasteiger partial charge in [-0.05, 0) is 24.6 Å². The SMILES string of the molecule is COc1ccc(CN2CCSCC2C)cc1C(=N)N. The summed E-state index contributed by atoms with van der Waals surface area (Å²) in [7, 11) is 1.60. The standard InChI is InChI=1S/C14H21N3OS/c1-10-9-19-6-5-17(10)8-11-3-4-13(18-2)12(7-11)14(15)16/h3-4,7,10H,5-6,8-9H2,1-2H3,(H3,15,16). The number of hydrogen-bond donors (Lipinski definition) is 2. The van der Waals surface area contributed by atoms with Gasteiger partial charge in [-0.15, -0.1) is 0 Å². The van der Waals surface area contributed by atoms with Crippen LogP contribution in [0.2, 0.25) is 0 Å². The number of thioether (sulfide) groups is 1. The molecule has 0 aromatic heterocycles. The quantitative estimate of drug-likeness (QED) is 0.653. The number of nitrogens with two attached hydrogens (primary N) is 1. The van der Waals surface area contributed by atoms with Gasteiger partial charge in [0.15, 0.2) is 0 Å². The molecule has 3 N–H and O–H groups in total. The number of nitrogens with zero attached hydrogens (tertiary/aromatic N) is 1. The van der Waals surface area contributed by atoms with Gasteiger partial charge >= 0.3 is 0 Å². The van der Waals surface area contributed by atoms with Crippen molar-refractivity contribution in [2.45, 2.75) is 19.5 Å². The first kappa shape index (κ1) is 14.2. The third-order valence-corrected chi connectivity index (χ3v) is 4.63. The van der Waals surface area contributed by atoms with Gasteiger partial charge in [-0.1, -0.05) is 6.07 Å². The second-order valence-electron chi connectivity index (χ2n) is 4.84. The van der Waals surface area contributed by atoms with Crippen molar-refractivity contribution in [1.29, 1.82) is 5.41 Å². The fourth-order valence-electron chi connectivity index (χ4n) is 2.29. The molecule has 1 saturated heterocycles. The molecule has 1 unspecified atom stereocenters. The van der Waals surface area contributed by atoms with Crippen LogP contribution in [-0.4, -0.2) is 41.9 Å². The zero-order valence-corrected chi connectivity index (χ0v) is 12.3. The fraction of sp³-hybridized carbons (Fsp3) is 0.500. The maximum absolute atomic E-state index is 7.62. The Balaban J connectivity index is 2.16. The summed E-state index contributed by atoms with van der Waals surface area (Å²) < 4.78 is 5.23. The monoisotopic (exact) mass is 279 g/mol. The van der Waals surface area contributed by atoms with Crippen LogP contribution >= 0.6 is 11.8 Å². The fourth-order valence-corrected chi connectivity index (χ4v) is 3.38. The van der Waals surface area contributed by atoms with Gasteiger partial charge in [0, 0.05) is 30.6 Å². The topological polar surface area (TPSA) is 62.3 Å². The molecule has 0 amide bonds. The Labute approximate surface area is 118 Å². The largest absolute Gasteiger partial charge is 0.496 e. The van der Waals surface area contributed by atoms with Gasteiger partial charge < -0.3 is 10.5 Å². The molecule has 1 aliphatic heterocycles. The third kappa shape index (κ3) is 3.42. The normalized spacial score (nSPS) is 20.2. The van der Waals surface area contributed by atoms with Crippen molar-refractivity contribution in [3.05, 3.63) is 29.3 Å². The first-order chi connectivity index (χ1) is 9.11. The first-order valence-electron chi connectivity index (χ1n) is 6.45. The van der Waals surface area contributed by atoms with E-state index in [2.05, 4.69) is 17.9 Å². The van der Waals surface area contributed by atoms with Gasteiger partial charge in [0.25, 0.3) is 0 Å². The number of amidine groups is 1. The molecule has 19 heavy (non-hydrogen) atoms. The Bertz CT molecular complexity index is 464. The highest BCUT2D eigenvalue weighted by atomic mass is 32.2. The summed E-state index contributed by atoms with van der Waals surface area (Å²) in [6.07, 6.45) is 0. The van der Waals surface area contributed by atoms with Crippen molar-refractivity contribution in [2.75, 3.05) is 25.2 Å². The lowest BCUT2D eigenvalue weighted by molar-refractivity contribution is 0.224. The average Bonchev–Trinajstić information content (AvgIpc) is 2.41. The molecule has 1 aromatic rings. The van der Waals surface area contributed by atoms with Gasteiger partial charge in [0.05, 0.1) is 12.7 Å². The molecular formula is C14H21N3OS. The predicted octanol–water partition coefficient (Wildman–Crippen LogP) is 1.92. The molecule has 0 spiro atoms. The van der Waals surface area contributed by atoms with E-state index >= 15 is 0 Å². The van der Waals surface area contributed by atoms with E-state index in [1.807, 2.05) is 23.9 Å². The molecule has 5 heteroatoms. The Hall–Kier alpha value is -1.20. The minimum atomic E-state index is 0.0564. The molecule has 1 heterocycles. The summed E-state index contributed by atoms with van der Waals surface area (Å²) in [5.41, 5.74) is 7.47. The lowest BCUT2D eigenvalue weighted by atomic mass is 10.1. The number of nitrogens with one attached hydrogen (secondary N) is 1. The van der Waals surface area contributed by atoms with Crippen LogP contribution in [0.3, 0.4) is 0 Å². The molecule has 0 bridgehead atoms. The van der Waals surface area contributed by atoms with Crippen molar-refractivity contribution < 1.29 is 4.74 Å². The minimum Gasteiger partial charge on any atom is -0.496 e. The van der Waals surface area contributed by atoms with Crippen LogP contribution in [0, 0.1) is 5.41 Å². The molecule has 0 aliphatic carbocycles. The minimum absolute atomic E-state index is 0.0564. The van der Waals surface area contributed by atoms with Crippen molar-refractivity contribution >= 4 is 17.6 Å². The molecule has 2 rings (SSSR count). The van der Waals surface area contributed by atoms with Crippen LogP contribution in [0.25, 0.3) is 0 Å². The second-order valence-corrected chi connectivity index (χ2v) is 5.99. The lowest BCUT2D eigenvalue weighted by Crippen LogP contribution is -2.39. The zero-order chi connectivity index (χ0) is 13.8. The summed E-state index contributed by atoms with van der Waals surface area (Å²) in [6.45, 7) is 4.29. The van der Waals surface area contributed by atoms with Crippen LogP contribution in [0.15, 0.2) is 18.2 Å². The van der Waals surface area contributed by atoms with Crippen molar-refractivity contribution in [3.8, 4) is 5.75 Å². The number of ether oxygens (including phenoxy) is 1. The predicted molar refractivity (Wildman–Crippen MR) is 81.2 cm³/mol. The molecule has 104 valence electrons. The van der Waals surface area contributed by atoms with Gasteiger partial charge in [-0.3, -0.25) is 10.3 Å². The summed E-state index contributed by atoms with van der Waals surface area (Å²) in [5, 5.41) is 7.62. The molecule has 0 saturated carbocycles. The third-order valence-electron chi connectivity index (χ3n) is 3.44. The van der Waals surface area contributed by atoms with Gasteiger partial charge in [-0.25, -0.2) is 0 Å². The number of rotatable bonds is 4. The molecule has 1 atom stereocenters. The molecule has 1 aliphatic rings. The van der Waals surface area contributed by atoms with E-state index in [-0.39, 0.29) is 5.84 Å². The lowest BCUT2D eigenvalue weighted by Gasteiger charge is -2.33. The Morgan fingerprint density at radius 1 is 1.58 bits per heavy atom. The smallest absolute Gasteiger partial charge is 0.129 e. The van der Waals surface area contributed by atoms with Gasteiger partial charge in [0.1, 0.15) is 11.6 Å². The highest BCUT2D eigenvalue weighted by Crippen LogP contribution is 2.23. The van der Waals surface area contributed by atoms with E-state index < -0.39 is 0 Å². The second kappa shape index (κ2) is 6.30. The number of nitrogen functional groups attached to an aromatic ring is 1. The van der Waals surface area contributed by atoms with Crippen LogP contribution in [0.4, 0.5) is 0 Å². The number of hydrogen-bond acceptors (Lipinski definition) is 4. The van der Waals surface area contributed by atoms with Crippen molar-refractivity contribution in [3.63, 3.8) is 0 Å². The van der Waals surface area contributed by atoms with E-state index in [1.165, 1.54) is 17.1 Å². The van der Waals surface area contributed by atoms with E-state index in [4.69, 9.17) is 15.9 Å². The first-order valence-corrected chi connectivity index (χ1v) is 7.60. The summed E-state index contributed by atoms with van der Waals surface area (Å²) in [6, 6.07) is 6.52. The summed E-state index contributed by atoms with van der Waals surface area (Å²) in [4.78, 5) is 2.47. The highest BCUT2D eigenvalue weighted by Gasteiger charge is 2.19. The van der Waals surface area contributed by atoms with Gasteiger partial charge in [-0.2, -0.15) is 11.8 Å². The molecule has 1 aromatic carbocycles. The van der Waals surface area contributed by atoms with E-state index in [0.717, 1.165) is 13.1 Å². The van der Waals surface area contributed by atoms with Crippen molar-refractivity contribution in [1.82, 2.24) is 4.90 Å². The molecule has 0 radical (unpaired) electrons. The molecule has 1 fully saturated rings. The van der Waals surface area contributed by atoms with Crippen molar-refractivity contribution in [2.24, 2.45) is 5.73 Å².